The predicted molar refractivity (Wildman–Crippen MR) is 153 cm³/mol. The Morgan fingerprint density at radius 2 is 1.87 bits per heavy atom. The molecule has 0 saturated carbocycles. The second-order valence-electron chi connectivity index (χ2n) is 9.01. The van der Waals surface area contributed by atoms with Crippen molar-refractivity contribution in [3.05, 3.63) is 75.7 Å². The van der Waals surface area contributed by atoms with Crippen molar-refractivity contribution in [2.75, 3.05) is 18.5 Å². The zero-order valence-electron chi connectivity index (χ0n) is 21.7. The zero-order chi connectivity index (χ0) is 28.1. The fourth-order valence-electron chi connectivity index (χ4n) is 3.92. The summed E-state index contributed by atoms with van der Waals surface area (Å²) in [6.07, 6.45) is 2.19. The highest BCUT2D eigenvalue weighted by Gasteiger charge is 2.36. The number of nitrogens with zero attached hydrogens (tertiary/aromatic N) is 1. The Morgan fingerprint density at radius 1 is 1.10 bits per heavy atom. The van der Waals surface area contributed by atoms with E-state index in [1.54, 1.807) is 6.08 Å². The maximum Gasteiger partial charge on any atom is 0.339 e. The molecule has 1 aliphatic heterocycles. The van der Waals surface area contributed by atoms with Crippen LogP contribution in [0.25, 0.3) is 16.8 Å². The smallest absolute Gasteiger partial charge is 0.339 e. The van der Waals surface area contributed by atoms with E-state index in [0.717, 1.165) is 27.4 Å². The number of rotatable bonds is 9. The first-order valence-corrected chi connectivity index (χ1v) is 13.6. The van der Waals surface area contributed by atoms with Gasteiger partial charge in [0.1, 0.15) is 12.3 Å². The van der Waals surface area contributed by atoms with Crippen LogP contribution in [0.1, 0.15) is 43.1 Å². The summed E-state index contributed by atoms with van der Waals surface area (Å²) in [4.78, 5) is 52.0. The molecular weight excluding hydrogens is 540 g/mol. The molecule has 1 fully saturated rings. The van der Waals surface area contributed by atoms with Gasteiger partial charge in [0.25, 0.3) is 11.1 Å². The van der Waals surface area contributed by atoms with Crippen LogP contribution in [0.4, 0.5) is 10.5 Å². The first-order valence-electron chi connectivity index (χ1n) is 12.4. The van der Waals surface area contributed by atoms with Crippen LogP contribution in [0.2, 0.25) is 5.02 Å². The molecule has 0 aliphatic carbocycles. The van der Waals surface area contributed by atoms with Crippen LogP contribution in [0.3, 0.4) is 0 Å². The highest BCUT2D eigenvalue weighted by Crippen LogP contribution is 2.37. The third kappa shape index (κ3) is 6.61. The number of fused-ring (bicyclic) bond motifs is 1. The molecule has 39 heavy (non-hydrogen) atoms. The van der Waals surface area contributed by atoms with E-state index in [1.165, 1.54) is 18.2 Å². The summed E-state index contributed by atoms with van der Waals surface area (Å²) >= 11 is 6.87. The number of benzene rings is 3. The molecule has 10 heteroatoms. The lowest BCUT2D eigenvalue weighted by atomic mass is 10.0. The van der Waals surface area contributed by atoms with Gasteiger partial charge in [0.05, 0.1) is 28.2 Å². The van der Waals surface area contributed by atoms with Gasteiger partial charge in [0.2, 0.25) is 5.91 Å². The highest BCUT2D eigenvalue weighted by atomic mass is 35.5. The molecule has 8 nitrogen and oxygen atoms in total. The number of amides is 3. The van der Waals surface area contributed by atoms with Gasteiger partial charge in [-0.2, -0.15) is 0 Å². The summed E-state index contributed by atoms with van der Waals surface area (Å²) in [6.45, 7) is 5.42. The SMILES string of the molecule is CCCOC(=O)c1cc(NC(=O)CN2C(=O)S/C(=C\c3c(OC(C)C)ccc4ccccc34)C2=O)ccc1Cl. The van der Waals surface area contributed by atoms with Crippen molar-refractivity contribution in [1.82, 2.24) is 4.90 Å². The summed E-state index contributed by atoms with van der Waals surface area (Å²) < 4.78 is 11.1. The van der Waals surface area contributed by atoms with Crippen LogP contribution in [-0.2, 0) is 14.3 Å². The number of hydrogen-bond donors (Lipinski definition) is 1. The van der Waals surface area contributed by atoms with Crippen molar-refractivity contribution in [2.45, 2.75) is 33.3 Å². The molecule has 1 aliphatic rings. The Hall–Kier alpha value is -3.82. The average molecular weight is 567 g/mol. The van der Waals surface area contributed by atoms with E-state index in [2.05, 4.69) is 5.32 Å². The van der Waals surface area contributed by atoms with Crippen LogP contribution >= 0.6 is 23.4 Å². The average Bonchev–Trinajstić information content (AvgIpc) is 3.16. The van der Waals surface area contributed by atoms with Gasteiger partial charge in [-0.3, -0.25) is 19.3 Å². The molecule has 0 radical (unpaired) electrons. The lowest BCUT2D eigenvalue weighted by molar-refractivity contribution is -0.127. The molecule has 0 unspecified atom stereocenters. The first kappa shape index (κ1) is 28.2. The van der Waals surface area contributed by atoms with E-state index in [1.807, 2.05) is 57.2 Å². The van der Waals surface area contributed by atoms with Crippen molar-refractivity contribution < 1.29 is 28.7 Å². The van der Waals surface area contributed by atoms with E-state index in [4.69, 9.17) is 21.1 Å². The van der Waals surface area contributed by atoms with Gasteiger partial charge in [-0.25, -0.2) is 4.79 Å². The van der Waals surface area contributed by atoms with Gasteiger partial charge in [0.15, 0.2) is 0 Å². The van der Waals surface area contributed by atoms with E-state index >= 15 is 0 Å². The number of carbonyl (C=O) groups excluding carboxylic acids is 4. The summed E-state index contributed by atoms with van der Waals surface area (Å²) in [7, 11) is 0. The standard InChI is InChI=1S/C29H27ClN2O6S/c1-4-13-37-28(35)22-14-19(10-11-23(22)30)31-26(33)16-32-27(34)25(39-29(32)36)15-21-20-8-6-5-7-18(20)9-12-24(21)38-17(2)3/h5-12,14-15,17H,4,13,16H2,1-3H3,(H,31,33)/b25-15-. The van der Waals surface area contributed by atoms with Gasteiger partial charge in [-0.1, -0.05) is 48.9 Å². The number of nitrogens with one attached hydrogen (secondary N) is 1. The van der Waals surface area contributed by atoms with Gasteiger partial charge in [-0.15, -0.1) is 0 Å². The second-order valence-corrected chi connectivity index (χ2v) is 10.4. The van der Waals surface area contributed by atoms with Crippen LogP contribution in [0.5, 0.6) is 5.75 Å². The Morgan fingerprint density at radius 3 is 2.62 bits per heavy atom. The Kier molecular flexibility index (Phi) is 8.93. The lowest BCUT2D eigenvalue weighted by Crippen LogP contribution is -2.36. The van der Waals surface area contributed by atoms with E-state index in [9.17, 15) is 19.2 Å². The van der Waals surface area contributed by atoms with Crippen LogP contribution in [0, 0.1) is 0 Å². The Bertz CT molecular complexity index is 1490. The molecule has 3 amide bonds. The van der Waals surface area contributed by atoms with Crippen molar-refractivity contribution in [1.29, 1.82) is 0 Å². The van der Waals surface area contributed by atoms with E-state index < -0.39 is 29.6 Å². The van der Waals surface area contributed by atoms with Gasteiger partial charge in [0, 0.05) is 11.3 Å². The molecule has 1 saturated heterocycles. The first-order chi connectivity index (χ1) is 18.7. The fraction of sp³-hybridized carbons (Fsp3) is 0.241. The minimum absolute atomic E-state index is 0.0982. The number of carbonyl (C=O) groups is 4. The third-order valence-electron chi connectivity index (χ3n) is 5.65. The second kappa shape index (κ2) is 12.4. The van der Waals surface area contributed by atoms with Crippen LogP contribution in [0.15, 0.2) is 59.5 Å². The van der Waals surface area contributed by atoms with Crippen LogP contribution < -0.4 is 10.1 Å². The number of hydrogen-bond acceptors (Lipinski definition) is 7. The lowest BCUT2D eigenvalue weighted by Gasteiger charge is -2.15. The normalized spacial score (nSPS) is 14.4. The van der Waals surface area contributed by atoms with Crippen LogP contribution in [-0.4, -0.2) is 47.2 Å². The molecule has 4 rings (SSSR count). The summed E-state index contributed by atoms with van der Waals surface area (Å²) in [5, 5.41) is 4.05. The predicted octanol–water partition coefficient (Wildman–Crippen LogP) is 6.52. The summed E-state index contributed by atoms with van der Waals surface area (Å²) in [5.41, 5.74) is 1.06. The molecule has 0 atom stereocenters. The molecule has 1 N–H and O–H groups in total. The molecule has 3 aromatic carbocycles. The zero-order valence-corrected chi connectivity index (χ0v) is 23.2. The molecule has 202 valence electrons. The molecular formula is C29H27ClN2O6S. The van der Waals surface area contributed by atoms with Gasteiger partial charge < -0.3 is 14.8 Å². The molecule has 0 spiro atoms. The summed E-state index contributed by atoms with van der Waals surface area (Å²) in [5.74, 6) is -1.21. The topological polar surface area (TPSA) is 102 Å². The quantitative estimate of drug-likeness (QED) is 0.232. The molecule has 0 aromatic heterocycles. The third-order valence-corrected chi connectivity index (χ3v) is 6.89. The minimum Gasteiger partial charge on any atom is -0.490 e. The van der Waals surface area contributed by atoms with Gasteiger partial charge in [-0.05, 0) is 73.1 Å². The largest absolute Gasteiger partial charge is 0.490 e. The number of esters is 1. The van der Waals surface area contributed by atoms with Crippen molar-refractivity contribution in [2.24, 2.45) is 0 Å². The monoisotopic (exact) mass is 566 g/mol. The van der Waals surface area contributed by atoms with Crippen molar-refractivity contribution >= 4 is 68.9 Å². The maximum atomic E-state index is 13.2. The minimum atomic E-state index is -0.609. The maximum absolute atomic E-state index is 13.2. The van der Waals surface area contributed by atoms with Crippen molar-refractivity contribution in [3.63, 3.8) is 0 Å². The number of halogens is 1. The Balaban J connectivity index is 1.53. The molecule has 3 aromatic rings. The van der Waals surface area contributed by atoms with E-state index in [-0.39, 0.29) is 33.9 Å². The number of thioether (sulfide) groups is 1. The van der Waals surface area contributed by atoms with Gasteiger partial charge >= 0.3 is 5.97 Å². The summed E-state index contributed by atoms with van der Waals surface area (Å²) in [6, 6.07) is 15.8. The van der Waals surface area contributed by atoms with E-state index in [0.29, 0.717) is 17.7 Å². The van der Waals surface area contributed by atoms with Crippen molar-refractivity contribution in [3.8, 4) is 5.75 Å². The number of anilines is 1. The molecule has 0 bridgehead atoms. The highest BCUT2D eigenvalue weighted by molar-refractivity contribution is 8.18. The molecule has 1 heterocycles. The number of ether oxygens (including phenoxy) is 2. The Labute approximate surface area is 235 Å². The fourth-order valence-corrected chi connectivity index (χ4v) is 4.94. The number of imide groups is 1.